The SMILES string of the molecule is COc1c(F)ccc(C(=O)CC(=O)C2CC2)c1S(C)(=O)=O. The number of Topliss-reactive ketones (excluding diaryl/α,β-unsaturated/α-hetero) is 2. The summed E-state index contributed by atoms with van der Waals surface area (Å²) in [4.78, 5) is 23.4. The number of methoxy groups -OCH3 is 1. The van der Waals surface area contributed by atoms with E-state index in [0.29, 0.717) is 0 Å². The fraction of sp³-hybridized carbons (Fsp3) is 0.429. The van der Waals surface area contributed by atoms with Crippen molar-refractivity contribution in [3.63, 3.8) is 0 Å². The largest absolute Gasteiger partial charge is 0.492 e. The molecule has 0 bridgehead atoms. The Balaban J connectivity index is 2.47. The zero-order valence-corrected chi connectivity index (χ0v) is 12.5. The molecule has 0 atom stereocenters. The predicted octanol–water partition coefficient (Wildman–Crippen LogP) is 1.79. The van der Waals surface area contributed by atoms with E-state index in [9.17, 15) is 22.4 Å². The summed E-state index contributed by atoms with van der Waals surface area (Å²) < 4.78 is 42.1. The average Bonchev–Trinajstić information content (AvgIpc) is 3.21. The lowest BCUT2D eigenvalue weighted by molar-refractivity contribution is -0.119. The summed E-state index contributed by atoms with van der Waals surface area (Å²) in [5, 5.41) is 0. The van der Waals surface area contributed by atoms with Crippen LogP contribution >= 0.6 is 0 Å². The third-order valence-corrected chi connectivity index (χ3v) is 4.45. The lowest BCUT2D eigenvalue weighted by Gasteiger charge is -2.12. The molecule has 0 unspecified atom stereocenters. The Morgan fingerprint density at radius 3 is 2.43 bits per heavy atom. The van der Waals surface area contributed by atoms with E-state index < -0.39 is 32.1 Å². The van der Waals surface area contributed by atoms with Gasteiger partial charge in [-0.1, -0.05) is 0 Å². The summed E-state index contributed by atoms with van der Waals surface area (Å²) >= 11 is 0. The molecule has 1 fully saturated rings. The lowest BCUT2D eigenvalue weighted by Crippen LogP contribution is -2.15. The second kappa shape index (κ2) is 5.55. The Kier molecular flexibility index (Phi) is 4.13. The van der Waals surface area contributed by atoms with E-state index in [1.165, 1.54) is 0 Å². The molecule has 0 spiro atoms. The standard InChI is InChI=1S/C14H15FO5S/c1-20-13-10(15)6-5-9(14(13)21(2,18)19)12(17)7-11(16)8-3-4-8/h5-6,8H,3-4,7H2,1-2H3. The maximum Gasteiger partial charge on any atom is 0.180 e. The molecule has 0 N–H and O–H groups in total. The second-order valence-corrected chi connectivity index (χ2v) is 7.02. The number of ketones is 2. The van der Waals surface area contributed by atoms with Crippen LogP contribution in [0.25, 0.3) is 0 Å². The Morgan fingerprint density at radius 1 is 1.33 bits per heavy atom. The van der Waals surface area contributed by atoms with Crippen molar-refractivity contribution < 1.29 is 27.1 Å². The van der Waals surface area contributed by atoms with Crippen molar-refractivity contribution in [3.8, 4) is 5.75 Å². The summed E-state index contributed by atoms with van der Waals surface area (Å²) in [7, 11) is -2.76. The number of carbonyl (C=O) groups is 2. The van der Waals surface area contributed by atoms with Gasteiger partial charge in [0.2, 0.25) is 0 Å². The van der Waals surface area contributed by atoms with Crippen molar-refractivity contribution in [3.05, 3.63) is 23.5 Å². The summed E-state index contributed by atoms with van der Waals surface area (Å²) in [6, 6.07) is 2.04. The fourth-order valence-corrected chi connectivity index (χ4v) is 3.22. The van der Waals surface area contributed by atoms with Crippen LogP contribution in [0.4, 0.5) is 4.39 Å². The van der Waals surface area contributed by atoms with Crippen LogP contribution in [0.3, 0.4) is 0 Å². The van der Waals surface area contributed by atoms with Crippen molar-refractivity contribution in [1.82, 2.24) is 0 Å². The maximum absolute atomic E-state index is 13.7. The van der Waals surface area contributed by atoms with Gasteiger partial charge < -0.3 is 4.74 Å². The fourth-order valence-electron chi connectivity index (χ4n) is 2.12. The molecule has 1 aliphatic carbocycles. The Bertz CT molecular complexity index is 704. The van der Waals surface area contributed by atoms with Crippen molar-refractivity contribution in [2.24, 2.45) is 5.92 Å². The van der Waals surface area contributed by atoms with Crippen LogP contribution in [-0.4, -0.2) is 33.3 Å². The molecule has 5 nitrogen and oxygen atoms in total. The molecule has 114 valence electrons. The minimum Gasteiger partial charge on any atom is -0.492 e. The quantitative estimate of drug-likeness (QED) is 0.591. The van der Waals surface area contributed by atoms with Gasteiger partial charge >= 0.3 is 0 Å². The number of ether oxygens (including phenoxy) is 1. The lowest BCUT2D eigenvalue weighted by atomic mass is 10.0. The normalized spacial score (nSPS) is 14.8. The summed E-state index contributed by atoms with van der Waals surface area (Å²) in [6.45, 7) is 0. The molecule has 1 aliphatic rings. The third kappa shape index (κ3) is 3.29. The van der Waals surface area contributed by atoms with Crippen LogP contribution in [0.1, 0.15) is 29.6 Å². The number of halogens is 1. The maximum atomic E-state index is 13.7. The van der Waals surface area contributed by atoms with Gasteiger partial charge in [-0.15, -0.1) is 0 Å². The number of hydrogen-bond donors (Lipinski definition) is 0. The molecule has 7 heteroatoms. The van der Waals surface area contributed by atoms with E-state index >= 15 is 0 Å². The molecule has 0 amide bonds. The first-order valence-electron chi connectivity index (χ1n) is 6.38. The number of rotatable bonds is 6. The van der Waals surface area contributed by atoms with Crippen molar-refractivity contribution >= 4 is 21.4 Å². The first kappa shape index (κ1) is 15.6. The summed E-state index contributed by atoms with van der Waals surface area (Å²) in [5.41, 5.74) is -0.204. The van der Waals surface area contributed by atoms with E-state index in [2.05, 4.69) is 0 Å². The highest BCUT2D eigenvalue weighted by Crippen LogP contribution is 2.34. The highest BCUT2D eigenvalue weighted by molar-refractivity contribution is 7.90. The summed E-state index contributed by atoms with van der Waals surface area (Å²) in [6.07, 6.45) is 2.02. The molecular weight excluding hydrogens is 299 g/mol. The number of carbonyl (C=O) groups excluding carboxylic acids is 2. The third-order valence-electron chi connectivity index (χ3n) is 3.31. The molecular formula is C14H15FO5S. The number of benzene rings is 1. The van der Waals surface area contributed by atoms with Crippen molar-refractivity contribution in [2.45, 2.75) is 24.2 Å². The molecule has 0 heterocycles. The molecule has 1 aromatic rings. The first-order valence-corrected chi connectivity index (χ1v) is 8.27. The van der Waals surface area contributed by atoms with E-state index in [4.69, 9.17) is 4.74 Å². The van der Waals surface area contributed by atoms with Crippen LogP contribution in [0, 0.1) is 11.7 Å². The highest BCUT2D eigenvalue weighted by Gasteiger charge is 2.33. The van der Waals surface area contributed by atoms with Crippen LogP contribution in [-0.2, 0) is 14.6 Å². The van der Waals surface area contributed by atoms with Gasteiger partial charge in [0, 0.05) is 17.7 Å². The van der Waals surface area contributed by atoms with Gasteiger partial charge in [0.15, 0.2) is 27.2 Å². The molecule has 1 aromatic carbocycles. The van der Waals surface area contributed by atoms with Gasteiger partial charge in [0.1, 0.15) is 10.7 Å². The minimum atomic E-state index is -3.88. The second-order valence-electron chi connectivity index (χ2n) is 5.07. The predicted molar refractivity (Wildman–Crippen MR) is 72.7 cm³/mol. The molecule has 0 radical (unpaired) electrons. The molecule has 2 rings (SSSR count). The van der Waals surface area contributed by atoms with Crippen molar-refractivity contribution in [1.29, 1.82) is 0 Å². The summed E-state index contributed by atoms with van der Waals surface area (Å²) in [5.74, 6) is -2.31. The van der Waals surface area contributed by atoms with Gasteiger partial charge in [0.25, 0.3) is 0 Å². The Labute approximate surface area is 122 Å². The minimum absolute atomic E-state index is 0.0991. The van der Waals surface area contributed by atoms with Crippen LogP contribution < -0.4 is 4.74 Å². The molecule has 0 saturated heterocycles. The molecule has 0 aromatic heterocycles. The smallest absolute Gasteiger partial charge is 0.180 e. The van der Waals surface area contributed by atoms with Crippen LogP contribution in [0.2, 0.25) is 0 Å². The molecule has 1 saturated carbocycles. The Morgan fingerprint density at radius 2 is 1.95 bits per heavy atom. The zero-order valence-electron chi connectivity index (χ0n) is 11.7. The van der Waals surface area contributed by atoms with E-state index in [-0.39, 0.29) is 23.7 Å². The number of hydrogen-bond acceptors (Lipinski definition) is 5. The zero-order chi connectivity index (χ0) is 15.8. The van der Waals surface area contributed by atoms with E-state index in [1.54, 1.807) is 0 Å². The van der Waals surface area contributed by atoms with Crippen molar-refractivity contribution in [2.75, 3.05) is 13.4 Å². The van der Waals surface area contributed by atoms with Crippen LogP contribution in [0.5, 0.6) is 5.75 Å². The van der Waals surface area contributed by atoms with Gasteiger partial charge in [0.05, 0.1) is 13.5 Å². The number of sulfone groups is 1. The van der Waals surface area contributed by atoms with Gasteiger partial charge in [-0.3, -0.25) is 9.59 Å². The molecule has 21 heavy (non-hydrogen) atoms. The van der Waals surface area contributed by atoms with Gasteiger partial charge in [-0.25, -0.2) is 12.8 Å². The first-order chi connectivity index (χ1) is 9.75. The topological polar surface area (TPSA) is 77.5 Å². The highest BCUT2D eigenvalue weighted by atomic mass is 32.2. The van der Waals surface area contributed by atoms with E-state index in [0.717, 1.165) is 38.3 Å². The monoisotopic (exact) mass is 314 g/mol. The molecule has 0 aliphatic heterocycles. The van der Waals surface area contributed by atoms with Crippen LogP contribution in [0.15, 0.2) is 17.0 Å². The van der Waals surface area contributed by atoms with Gasteiger partial charge in [-0.2, -0.15) is 0 Å². The van der Waals surface area contributed by atoms with E-state index in [1.807, 2.05) is 0 Å². The Hall–Kier alpha value is -1.76. The van der Waals surface area contributed by atoms with Gasteiger partial charge in [-0.05, 0) is 25.0 Å². The average molecular weight is 314 g/mol.